The molecular formula is C18H23ClN4O2S. The zero-order valence-corrected chi connectivity index (χ0v) is 16.1. The van der Waals surface area contributed by atoms with Gasteiger partial charge in [0.25, 0.3) is 0 Å². The van der Waals surface area contributed by atoms with Crippen molar-refractivity contribution in [1.82, 2.24) is 10.6 Å². The standard InChI is InChI=1S/C18H23ClN4O2S/c1-21-18(23-12-10-15-3-2-4-16(19)13-15)22-11-9-14-5-7-17(8-6-14)26(20,24)25/h2-8,13H,9-12H2,1H3,(H2,20,24,25)(H2,21,22,23). The highest BCUT2D eigenvalue weighted by atomic mass is 35.5. The zero-order chi connectivity index (χ0) is 19.0. The summed E-state index contributed by atoms with van der Waals surface area (Å²) in [5, 5.41) is 12.3. The number of nitrogens with one attached hydrogen (secondary N) is 2. The number of rotatable bonds is 7. The molecule has 8 heteroatoms. The van der Waals surface area contributed by atoms with Crippen LogP contribution in [0.4, 0.5) is 0 Å². The highest BCUT2D eigenvalue weighted by Crippen LogP contribution is 2.11. The predicted octanol–water partition coefficient (Wildman–Crippen LogP) is 1.94. The summed E-state index contributed by atoms with van der Waals surface area (Å²) < 4.78 is 22.5. The van der Waals surface area contributed by atoms with Crippen LogP contribution in [0.2, 0.25) is 5.02 Å². The molecule has 140 valence electrons. The van der Waals surface area contributed by atoms with Crippen molar-refractivity contribution in [3.63, 3.8) is 0 Å². The lowest BCUT2D eigenvalue weighted by molar-refractivity contribution is 0.598. The van der Waals surface area contributed by atoms with Gasteiger partial charge in [-0.2, -0.15) is 0 Å². The average molecular weight is 395 g/mol. The molecule has 0 aliphatic carbocycles. The molecule has 0 aromatic heterocycles. The van der Waals surface area contributed by atoms with E-state index in [1.165, 1.54) is 12.1 Å². The fourth-order valence-electron chi connectivity index (χ4n) is 2.41. The molecule has 6 nitrogen and oxygen atoms in total. The molecule has 2 aromatic carbocycles. The summed E-state index contributed by atoms with van der Waals surface area (Å²) in [6.45, 7) is 1.41. The smallest absolute Gasteiger partial charge is 0.238 e. The van der Waals surface area contributed by atoms with Crippen LogP contribution in [0.15, 0.2) is 58.4 Å². The van der Waals surface area contributed by atoms with Crippen molar-refractivity contribution in [3.05, 3.63) is 64.7 Å². The first-order valence-electron chi connectivity index (χ1n) is 8.19. The van der Waals surface area contributed by atoms with Gasteiger partial charge < -0.3 is 10.6 Å². The van der Waals surface area contributed by atoms with E-state index in [1.807, 2.05) is 24.3 Å². The van der Waals surface area contributed by atoms with E-state index in [0.29, 0.717) is 12.5 Å². The van der Waals surface area contributed by atoms with Crippen molar-refractivity contribution in [1.29, 1.82) is 0 Å². The van der Waals surface area contributed by atoms with Gasteiger partial charge in [0.1, 0.15) is 0 Å². The molecule has 4 N–H and O–H groups in total. The molecule has 0 bridgehead atoms. The number of aliphatic imine (C=N–C) groups is 1. The minimum Gasteiger partial charge on any atom is -0.356 e. The van der Waals surface area contributed by atoms with Crippen molar-refractivity contribution in [3.8, 4) is 0 Å². The third-order valence-corrected chi connectivity index (χ3v) is 4.94. The average Bonchev–Trinajstić information content (AvgIpc) is 2.60. The van der Waals surface area contributed by atoms with Crippen LogP contribution in [0, 0.1) is 0 Å². The Hall–Kier alpha value is -2.09. The van der Waals surface area contributed by atoms with Gasteiger partial charge in [0, 0.05) is 25.2 Å². The first kappa shape index (κ1) is 20.2. The van der Waals surface area contributed by atoms with Crippen molar-refractivity contribution < 1.29 is 8.42 Å². The number of sulfonamides is 1. The van der Waals surface area contributed by atoms with Crippen LogP contribution in [0.25, 0.3) is 0 Å². The molecule has 0 amide bonds. The van der Waals surface area contributed by atoms with Crippen LogP contribution in [-0.2, 0) is 22.9 Å². The van der Waals surface area contributed by atoms with Gasteiger partial charge in [0.05, 0.1) is 4.90 Å². The summed E-state index contributed by atoms with van der Waals surface area (Å²) in [4.78, 5) is 4.31. The van der Waals surface area contributed by atoms with Crippen molar-refractivity contribution in [2.45, 2.75) is 17.7 Å². The van der Waals surface area contributed by atoms with Gasteiger partial charge in [0.15, 0.2) is 5.96 Å². The van der Waals surface area contributed by atoms with Crippen LogP contribution >= 0.6 is 11.6 Å². The molecule has 0 aliphatic heterocycles. The number of nitrogens with two attached hydrogens (primary N) is 1. The SMILES string of the molecule is CN=C(NCCc1ccc(S(N)(=O)=O)cc1)NCCc1cccc(Cl)c1. The number of nitrogens with zero attached hydrogens (tertiary/aromatic N) is 1. The molecule has 0 atom stereocenters. The minimum atomic E-state index is -3.65. The Morgan fingerprint density at radius 2 is 1.65 bits per heavy atom. The molecule has 0 aliphatic rings. The molecule has 0 heterocycles. The minimum absolute atomic E-state index is 0.118. The molecule has 2 aromatic rings. The quantitative estimate of drug-likeness (QED) is 0.494. The molecule has 0 saturated carbocycles. The summed E-state index contributed by atoms with van der Waals surface area (Å²) in [6.07, 6.45) is 1.58. The van der Waals surface area contributed by atoms with Crippen LogP contribution < -0.4 is 15.8 Å². The Balaban J connectivity index is 1.75. The van der Waals surface area contributed by atoms with E-state index in [4.69, 9.17) is 16.7 Å². The molecule has 26 heavy (non-hydrogen) atoms. The molecule has 0 saturated heterocycles. The normalized spacial score (nSPS) is 12.0. The number of benzene rings is 2. The summed E-state index contributed by atoms with van der Waals surface area (Å²) in [5.74, 6) is 0.716. The molecule has 0 unspecified atom stereocenters. The van der Waals surface area contributed by atoms with E-state index in [-0.39, 0.29) is 4.90 Å². The fourth-order valence-corrected chi connectivity index (χ4v) is 3.14. The van der Waals surface area contributed by atoms with E-state index >= 15 is 0 Å². The highest BCUT2D eigenvalue weighted by molar-refractivity contribution is 7.89. The van der Waals surface area contributed by atoms with Gasteiger partial charge in [-0.05, 0) is 48.2 Å². The van der Waals surface area contributed by atoms with Crippen LogP contribution in [0.5, 0.6) is 0 Å². The second-order valence-electron chi connectivity index (χ2n) is 5.74. The number of hydrogen-bond donors (Lipinski definition) is 3. The zero-order valence-electron chi connectivity index (χ0n) is 14.6. The van der Waals surface area contributed by atoms with E-state index in [2.05, 4.69) is 15.6 Å². The van der Waals surface area contributed by atoms with Gasteiger partial charge in [-0.25, -0.2) is 13.6 Å². The van der Waals surface area contributed by atoms with Gasteiger partial charge in [0.2, 0.25) is 10.0 Å². The van der Waals surface area contributed by atoms with E-state index in [1.54, 1.807) is 19.2 Å². The number of halogens is 1. The summed E-state index contributed by atoms with van der Waals surface area (Å²) in [5.41, 5.74) is 2.18. The largest absolute Gasteiger partial charge is 0.356 e. The maximum Gasteiger partial charge on any atom is 0.238 e. The Bertz CT molecular complexity index is 852. The molecule has 2 rings (SSSR count). The van der Waals surface area contributed by atoms with Gasteiger partial charge in [-0.3, -0.25) is 4.99 Å². The Labute approximate surface area is 159 Å². The first-order chi connectivity index (χ1) is 12.4. The number of hydrogen-bond acceptors (Lipinski definition) is 3. The second-order valence-corrected chi connectivity index (χ2v) is 7.74. The monoisotopic (exact) mass is 394 g/mol. The number of guanidine groups is 1. The third kappa shape index (κ3) is 6.67. The first-order valence-corrected chi connectivity index (χ1v) is 10.1. The van der Waals surface area contributed by atoms with Crippen molar-refractivity contribution in [2.24, 2.45) is 10.1 Å². The topological polar surface area (TPSA) is 96.6 Å². The van der Waals surface area contributed by atoms with Gasteiger partial charge in [-0.1, -0.05) is 35.9 Å². The molecule has 0 radical (unpaired) electrons. The van der Waals surface area contributed by atoms with Crippen molar-refractivity contribution in [2.75, 3.05) is 20.1 Å². The Morgan fingerprint density at radius 1 is 1.04 bits per heavy atom. The van der Waals surface area contributed by atoms with Crippen molar-refractivity contribution >= 4 is 27.6 Å². The predicted molar refractivity (Wildman–Crippen MR) is 106 cm³/mol. The Kier molecular flexibility index (Phi) is 7.44. The Morgan fingerprint density at radius 3 is 2.19 bits per heavy atom. The van der Waals surface area contributed by atoms with Gasteiger partial charge in [-0.15, -0.1) is 0 Å². The van der Waals surface area contributed by atoms with Gasteiger partial charge >= 0.3 is 0 Å². The summed E-state index contributed by atoms with van der Waals surface area (Å²) >= 11 is 5.98. The van der Waals surface area contributed by atoms with E-state index < -0.39 is 10.0 Å². The summed E-state index contributed by atoms with van der Waals surface area (Å²) in [6, 6.07) is 14.3. The lowest BCUT2D eigenvalue weighted by Gasteiger charge is -2.12. The lowest BCUT2D eigenvalue weighted by atomic mass is 10.1. The van der Waals surface area contributed by atoms with Crippen LogP contribution in [-0.4, -0.2) is 34.5 Å². The maximum atomic E-state index is 11.2. The molecule has 0 fully saturated rings. The molecule has 0 spiro atoms. The highest BCUT2D eigenvalue weighted by Gasteiger charge is 2.06. The van der Waals surface area contributed by atoms with E-state index in [0.717, 1.165) is 35.5 Å². The fraction of sp³-hybridized carbons (Fsp3) is 0.278. The van der Waals surface area contributed by atoms with E-state index in [9.17, 15) is 8.42 Å². The lowest BCUT2D eigenvalue weighted by Crippen LogP contribution is -2.39. The maximum absolute atomic E-state index is 11.2. The third-order valence-electron chi connectivity index (χ3n) is 3.78. The van der Waals surface area contributed by atoms with Crippen LogP contribution in [0.1, 0.15) is 11.1 Å². The van der Waals surface area contributed by atoms with Crippen LogP contribution in [0.3, 0.4) is 0 Å². The summed E-state index contributed by atoms with van der Waals surface area (Å²) in [7, 11) is -1.93. The molecular weight excluding hydrogens is 372 g/mol. The number of primary sulfonamides is 1. The second kappa shape index (κ2) is 9.56.